The summed E-state index contributed by atoms with van der Waals surface area (Å²) in [6, 6.07) is 9.63. The van der Waals surface area contributed by atoms with Crippen molar-refractivity contribution < 1.29 is 9.47 Å². The molecule has 6 nitrogen and oxygen atoms in total. The predicted molar refractivity (Wildman–Crippen MR) is 72.4 cm³/mol. The number of ether oxygens (including phenoxy) is 2. The van der Waals surface area contributed by atoms with Crippen LogP contribution in [0.4, 0.5) is 0 Å². The van der Waals surface area contributed by atoms with E-state index >= 15 is 0 Å². The second-order valence-electron chi connectivity index (χ2n) is 4.53. The number of imidazole rings is 1. The summed E-state index contributed by atoms with van der Waals surface area (Å²) >= 11 is 0. The molecule has 0 unspecified atom stereocenters. The predicted octanol–water partition coefficient (Wildman–Crippen LogP) is 1.58. The smallest absolute Gasteiger partial charge is 0.231 e. The number of rotatable bonds is 2. The lowest BCUT2D eigenvalue weighted by molar-refractivity contribution is 0.174. The van der Waals surface area contributed by atoms with E-state index in [4.69, 9.17) is 15.2 Å². The Morgan fingerprint density at radius 3 is 2.95 bits per heavy atom. The van der Waals surface area contributed by atoms with Crippen LogP contribution in [0.25, 0.3) is 16.9 Å². The van der Waals surface area contributed by atoms with Gasteiger partial charge in [0.15, 0.2) is 17.1 Å². The molecule has 0 amide bonds. The SMILES string of the molecule is NCc1cn2nc(-c3ccc4c(c3)OCO4)ccc2n1. The minimum absolute atomic E-state index is 0.270. The van der Waals surface area contributed by atoms with E-state index in [1.807, 2.05) is 36.5 Å². The number of nitrogens with two attached hydrogens (primary N) is 1. The van der Waals surface area contributed by atoms with Gasteiger partial charge in [0.05, 0.1) is 17.6 Å². The van der Waals surface area contributed by atoms with Crippen molar-refractivity contribution in [3.63, 3.8) is 0 Å². The van der Waals surface area contributed by atoms with Crippen molar-refractivity contribution >= 4 is 5.65 Å². The molecule has 3 heterocycles. The van der Waals surface area contributed by atoms with Crippen molar-refractivity contribution in [1.29, 1.82) is 0 Å². The molecule has 0 radical (unpaired) electrons. The fraction of sp³-hybridized carbons (Fsp3) is 0.143. The molecule has 1 aliphatic rings. The van der Waals surface area contributed by atoms with Gasteiger partial charge in [-0.05, 0) is 30.3 Å². The molecule has 0 spiro atoms. The van der Waals surface area contributed by atoms with E-state index in [1.54, 1.807) is 4.52 Å². The number of aromatic nitrogens is 3. The van der Waals surface area contributed by atoms with E-state index in [0.29, 0.717) is 6.54 Å². The lowest BCUT2D eigenvalue weighted by Gasteiger charge is -2.03. The average molecular weight is 268 g/mol. The number of benzene rings is 1. The third-order valence-corrected chi connectivity index (χ3v) is 3.25. The fourth-order valence-electron chi connectivity index (χ4n) is 2.24. The zero-order chi connectivity index (χ0) is 13.5. The minimum atomic E-state index is 0.270. The standard InChI is InChI=1S/C14H12N4O2/c15-6-10-7-18-14(16-10)4-2-11(17-18)9-1-3-12-13(5-9)20-8-19-12/h1-5,7H,6,8,15H2. The van der Waals surface area contributed by atoms with Gasteiger partial charge in [-0.1, -0.05) is 0 Å². The summed E-state index contributed by atoms with van der Waals surface area (Å²) in [6.07, 6.45) is 1.84. The first-order chi connectivity index (χ1) is 9.83. The summed E-state index contributed by atoms with van der Waals surface area (Å²) in [5, 5.41) is 4.54. The zero-order valence-electron chi connectivity index (χ0n) is 10.6. The van der Waals surface area contributed by atoms with Crippen LogP contribution < -0.4 is 15.2 Å². The topological polar surface area (TPSA) is 74.7 Å². The monoisotopic (exact) mass is 268 g/mol. The summed E-state index contributed by atoms with van der Waals surface area (Å²) in [5.74, 6) is 1.51. The first-order valence-corrected chi connectivity index (χ1v) is 6.29. The van der Waals surface area contributed by atoms with Crippen LogP contribution in [0.1, 0.15) is 5.69 Å². The molecule has 0 aliphatic carbocycles. The van der Waals surface area contributed by atoms with Crippen LogP contribution in [0.2, 0.25) is 0 Å². The quantitative estimate of drug-likeness (QED) is 0.763. The first kappa shape index (κ1) is 11.2. The van der Waals surface area contributed by atoms with Crippen molar-refractivity contribution in [2.75, 3.05) is 6.79 Å². The number of fused-ring (bicyclic) bond motifs is 2. The van der Waals surface area contributed by atoms with Gasteiger partial charge in [-0.3, -0.25) is 0 Å². The lowest BCUT2D eigenvalue weighted by Crippen LogP contribution is -1.95. The van der Waals surface area contributed by atoms with E-state index in [-0.39, 0.29) is 6.79 Å². The molecule has 6 heteroatoms. The molecule has 0 atom stereocenters. The van der Waals surface area contributed by atoms with Gasteiger partial charge in [0.25, 0.3) is 0 Å². The van der Waals surface area contributed by atoms with E-state index in [9.17, 15) is 0 Å². The second kappa shape index (κ2) is 4.21. The summed E-state index contributed by atoms with van der Waals surface area (Å²) in [7, 11) is 0. The van der Waals surface area contributed by atoms with Gasteiger partial charge in [-0.25, -0.2) is 9.50 Å². The Morgan fingerprint density at radius 2 is 2.05 bits per heavy atom. The highest BCUT2D eigenvalue weighted by atomic mass is 16.7. The molecule has 4 rings (SSSR count). The van der Waals surface area contributed by atoms with Crippen LogP contribution >= 0.6 is 0 Å². The fourth-order valence-corrected chi connectivity index (χ4v) is 2.24. The molecule has 0 saturated heterocycles. The van der Waals surface area contributed by atoms with Crippen molar-refractivity contribution in [2.45, 2.75) is 6.54 Å². The van der Waals surface area contributed by atoms with E-state index in [0.717, 1.165) is 34.1 Å². The van der Waals surface area contributed by atoms with Gasteiger partial charge in [0.2, 0.25) is 6.79 Å². The maximum Gasteiger partial charge on any atom is 0.231 e. The van der Waals surface area contributed by atoms with Gasteiger partial charge in [0.1, 0.15) is 0 Å². The Balaban J connectivity index is 1.81. The van der Waals surface area contributed by atoms with Crippen LogP contribution in [0, 0.1) is 0 Å². The third kappa shape index (κ3) is 1.70. The maximum absolute atomic E-state index is 5.59. The summed E-state index contributed by atoms with van der Waals surface area (Å²) in [5.41, 5.74) is 9.01. The van der Waals surface area contributed by atoms with Gasteiger partial charge in [0, 0.05) is 12.1 Å². The Kier molecular flexibility index (Phi) is 2.37. The molecule has 1 aromatic carbocycles. The summed E-state index contributed by atoms with van der Waals surface area (Å²) in [4.78, 5) is 4.35. The Bertz CT molecular complexity index is 797. The van der Waals surface area contributed by atoms with Crippen LogP contribution in [-0.4, -0.2) is 21.4 Å². The molecule has 0 bridgehead atoms. The lowest BCUT2D eigenvalue weighted by atomic mass is 10.1. The van der Waals surface area contributed by atoms with Crippen molar-refractivity contribution in [3.8, 4) is 22.8 Å². The van der Waals surface area contributed by atoms with Gasteiger partial charge >= 0.3 is 0 Å². The van der Waals surface area contributed by atoms with Crippen LogP contribution in [-0.2, 0) is 6.54 Å². The Morgan fingerprint density at radius 1 is 1.15 bits per heavy atom. The molecule has 100 valence electrons. The molecule has 2 aromatic heterocycles. The number of hydrogen-bond acceptors (Lipinski definition) is 5. The first-order valence-electron chi connectivity index (χ1n) is 6.29. The van der Waals surface area contributed by atoms with Gasteiger partial charge in [-0.2, -0.15) is 5.10 Å². The second-order valence-corrected chi connectivity index (χ2v) is 4.53. The third-order valence-electron chi connectivity index (χ3n) is 3.25. The normalized spacial score (nSPS) is 13.1. The maximum atomic E-state index is 5.59. The van der Waals surface area contributed by atoms with E-state index in [2.05, 4.69) is 10.1 Å². The van der Waals surface area contributed by atoms with Gasteiger partial charge < -0.3 is 15.2 Å². The van der Waals surface area contributed by atoms with Gasteiger partial charge in [-0.15, -0.1) is 0 Å². The molecule has 3 aromatic rings. The molecule has 0 fully saturated rings. The Labute approximate surface area is 114 Å². The van der Waals surface area contributed by atoms with Crippen molar-refractivity contribution in [1.82, 2.24) is 14.6 Å². The summed E-state index contributed by atoms with van der Waals surface area (Å²) in [6.45, 7) is 0.676. The average Bonchev–Trinajstić information content (AvgIpc) is 3.11. The van der Waals surface area contributed by atoms with Crippen LogP contribution in [0.5, 0.6) is 11.5 Å². The largest absolute Gasteiger partial charge is 0.454 e. The highest BCUT2D eigenvalue weighted by Gasteiger charge is 2.14. The van der Waals surface area contributed by atoms with E-state index in [1.165, 1.54) is 0 Å². The molecule has 2 N–H and O–H groups in total. The number of hydrogen-bond donors (Lipinski definition) is 1. The molecule has 20 heavy (non-hydrogen) atoms. The highest BCUT2D eigenvalue weighted by molar-refractivity contribution is 5.65. The molecule has 0 saturated carbocycles. The Hall–Kier alpha value is -2.60. The molecular weight excluding hydrogens is 256 g/mol. The molecule has 1 aliphatic heterocycles. The summed E-state index contributed by atoms with van der Waals surface area (Å²) < 4.78 is 12.4. The highest BCUT2D eigenvalue weighted by Crippen LogP contribution is 2.35. The van der Waals surface area contributed by atoms with Crippen molar-refractivity contribution in [3.05, 3.63) is 42.2 Å². The van der Waals surface area contributed by atoms with Crippen LogP contribution in [0.15, 0.2) is 36.5 Å². The van der Waals surface area contributed by atoms with E-state index < -0.39 is 0 Å². The number of nitrogens with zero attached hydrogens (tertiary/aromatic N) is 3. The van der Waals surface area contributed by atoms with Crippen LogP contribution in [0.3, 0.4) is 0 Å². The van der Waals surface area contributed by atoms with Crippen molar-refractivity contribution in [2.24, 2.45) is 5.73 Å². The minimum Gasteiger partial charge on any atom is -0.454 e. The molecular formula is C14H12N4O2. The zero-order valence-corrected chi connectivity index (χ0v) is 10.6.